The maximum Gasteiger partial charge on any atom is 0.191 e. The Balaban J connectivity index is 1.34. The summed E-state index contributed by atoms with van der Waals surface area (Å²) in [5.74, 6) is 2.89. The molecule has 0 fully saturated rings. The van der Waals surface area contributed by atoms with Crippen LogP contribution in [-0.2, 0) is 19.4 Å². The van der Waals surface area contributed by atoms with Crippen LogP contribution >= 0.6 is 0 Å². The third kappa shape index (κ3) is 5.33. The van der Waals surface area contributed by atoms with E-state index in [0.717, 1.165) is 61.3 Å². The maximum absolute atomic E-state index is 13.1. The zero-order chi connectivity index (χ0) is 22.5. The highest BCUT2D eigenvalue weighted by Gasteiger charge is 2.23. The average molecular weight is 439 g/mol. The lowest BCUT2D eigenvalue weighted by molar-refractivity contribution is 0.391. The zero-order valence-electron chi connectivity index (χ0n) is 18.9. The lowest BCUT2D eigenvalue weighted by atomic mass is 10.1. The fraction of sp³-hybridized carbons (Fsp3) is 0.478. The van der Waals surface area contributed by atoms with Crippen LogP contribution in [0.5, 0.6) is 0 Å². The van der Waals surface area contributed by atoms with Crippen LogP contribution in [0.3, 0.4) is 0 Å². The van der Waals surface area contributed by atoms with E-state index in [1.165, 1.54) is 12.1 Å². The van der Waals surface area contributed by atoms with Gasteiger partial charge in [0.1, 0.15) is 11.6 Å². The molecule has 1 unspecified atom stereocenters. The van der Waals surface area contributed by atoms with E-state index in [1.807, 2.05) is 16.9 Å². The zero-order valence-corrected chi connectivity index (χ0v) is 18.9. The fourth-order valence-electron chi connectivity index (χ4n) is 3.72. The molecule has 4 rings (SSSR count). The van der Waals surface area contributed by atoms with Crippen LogP contribution in [0, 0.1) is 5.82 Å². The second-order valence-corrected chi connectivity index (χ2v) is 8.34. The highest BCUT2D eigenvalue weighted by atomic mass is 19.1. The molecular formula is C23H31FN8. The van der Waals surface area contributed by atoms with Crippen LogP contribution in [-0.4, -0.2) is 49.6 Å². The van der Waals surface area contributed by atoms with Crippen molar-refractivity contribution in [3.63, 3.8) is 0 Å². The van der Waals surface area contributed by atoms with Crippen molar-refractivity contribution in [1.29, 1.82) is 0 Å². The van der Waals surface area contributed by atoms with Gasteiger partial charge in [0.15, 0.2) is 11.8 Å². The Morgan fingerprint density at radius 2 is 2.03 bits per heavy atom. The number of rotatable bonds is 7. The van der Waals surface area contributed by atoms with Gasteiger partial charge < -0.3 is 10.6 Å². The minimum absolute atomic E-state index is 0.253. The van der Waals surface area contributed by atoms with E-state index >= 15 is 0 Å². The molecule has 32 heavy (non-hydrogen) atoms. The number of fused-ring (bicyclic) bond motifs is 1. The minimum Gasteiger partial charge on any atom is -0.357 e. The monoisotopic (exact) mass is 438 g/mol. The van der Waals surface area contributed by atoms with Gasteiger partial charge in [-0.25, -0.2) is 18.7 Å². The maximum atomic E-state index is 13.1. The summed E-state index contributed by atoms with van der Waals surface area (Å²) in [6.07, 6.45) is 4.53. The van der Waals surface area contributed by atoms with Crippen molar-refractivity contribution < 1.29 is 4.39 Å². The van der Waals surface area contributed by atoms with Crippen LogP contribution in [0.25, 0.3) is 5.69 Å². The average Bonchev–Trinajstić information content (AvgIpc) is 3.41. The molecule has 3 aromatic rings. The third-order valence-electron chi connectivity index (χ3n) is 5.45. The van der Waals surface area contributed by atoms with Crippen molar-refractivity contribution in [2.45, 2.75) is 58.5 Å². The first-order chi connectivity index (χ1) is 15.5. The smallest absolute Gasteiger partial charge is 0.191 e. The molecule has 1 aromatic carbocycles. The Morgan fingerprint density at radius 3 is 2.78 bits per heavy atom. The predicted molar refractivity (Wildman–Crippen MR) is 123 cm³/mol. The van der Waals surface area contributed by atoms with E-state index in [-0.39, 0.29) is 11.9 Å². The molecule has 3 heterocycles. The Bertz CT molecular complexity index is 1050. The van der Waals surface area contributed by atoms with Crippen LogP contribution in [0.15, 0.2) is 41.5 Å². The van der Waals surface area contributed by atoms with Gasteiger partial charge in [0, 0.05) is 44.1 Å². The molecule has 170 valence electrons. The first kappa shape index (κ1) is 22.0. The second-order valence-electron chi connectivity index (χ2n) is 8.34. The first-order valence-corrected chi connectivity index (χ1v) is 11.3. The van der Waals surface area contributed by atoms with Gasteiger partial charge in [-0.2, -0.15) is 10.2 Å². The Kier molecular flexibility index (Phi) is 6.82. The van der Waals surface area contributed by atoms with Gasteiger partial charge in [0.25, 0.3) is 0 Å². The lowest BCUT2D eigenvalue weighted by Gasteiger charge is -2.25. The number of halogens is 1. The first-order valence-electron chi connectivity index (χ1n) is 11.3. The van der Waals surface area contributed by atoms with E-state index in [4.69, 9.17) is 4.99 Å². The summed E-state index contributed by atoms with van der Waals surface area (Å²) in [4.78, 5) is 9.40. The van der Waals surface area contributed by atoms with E-state index in [1.54, 1.807) is 16.8 Å². The number of hydrogen-bond donors (Lipinski definition) is 2. The van der Waals surface area contributed by atoms with Gasteiger partial charge in [0.05, 0.1) is 17.9 Å². The topological polar surface area (TPSA) is 84.9 Å². The van der Waals surface area contributed by atoms with Crippen LogP contribution in [0.2, 0.25) is 0 Å². The highest BCUT2D eigenvalue weighted by Crippen LogP contribution is 2.17. The summed E-state index contributed by atoms with van der Waals surface area (Å²) in [5.41, 5.74) is 1.78. The Hall–Kier alpha value is -3.23. The van der Waals surface area contributed by atoms with Gasteiger partial charge in [-0.3, -0.25) is 4.99 Å². The molecule has 1 aliphatic rings. The number of guanidine groups is 1. The molecule has 0 amide bonds. The SMILES string of the molecule is CCNC(=NCCc1ccn(-c2ccc(F)cc2)n1)NC1CCc2nc(C(C)C)nn2C1. The minimum atomic E-state index is -0.253. The van der Waals surface area contributed by atoms with Gasteiger partial charge >= 0.3 is 0 Å². The molecule has 0 radical (unpaired) electrons. The van der Waals surface area contributed by atoms with E-state index < -0.39 is 0 Å². The largest absolute Gasteiger partial charge is 0.357 e. The summed E-state index contributed by atoms with van der Waals surface area (Å²) in [6, 6.07) is 8.54. The molecule has 1 aliphatic heterocycles. The number of aryl methyl sites for hydroxylation is 1. The molecule has 0 saturated heterocycles. The Morgan fingerprint density at radius 1 is 1.22 bits per heavy atom. The molecule has 0 aliphatic carbocycles. The molecule has 1 atom stereocenters. The standard InChI is InChI=1S/C23H31FN8/c1-4-25-23(27-19-7-10-21-28-22(16(2)3)30-32(21)15-19)26-13-11-18-12-14-31(29-18)20-8-5-17(24)6-9-20/h5-6,8-9,12,14,16,19H,4,7,10-11,13,15H2,1-3H3,(H2,25,26,27). The van der Waals surface area contributed by atoms with Crippen molar-refractivity contribution in [2.75, 3.05) is 13.1 Å². The van der Waals surface area contributed by atoms with Gasteiger partial charge in [-0.15, -0.1) is 0 Å². The summed E-state index contributed by atoms with van der Waals surface area (Å²) in [7, 11) is 0. The van der Waals surface area contributed by atoms with Crippen LogP contribution in [0.4, 0.5) is 4.39 Å². The third-order valence-corrected chi connectivity index (χ3v) is 5.45. The molecular weight excluding hydrogens is 407 g/mol. The summed E-state index contributed by atoms with van der Waals surface area (Å²) in [5, 5.41) is 16.1. The number of aromatic nitrogens is 5. The van der Waals surface area contributed by atoms with Crippen molar-refractivity contribution in [1.82, 2.24) is 35.2 Å². The number of nitrogens with one attached hydrogen (secondary N) is 2. The van der Waals surface area contributed by atoms with Gasteiger partial charge in [0.2, 0.25) is 0 Å². The van der Waals surface area contributed by atoms with Crippen molar-refractivity contribution >= 4 is 5.96 Å². The number of aliphatic imine (C=N–C) groups is 1. The fourth-order valence-corrected chi connectivity index (χ4v) is 3.72. The normalized spacial score (nSPS) is 16.3. The van der Waals surface area contributed by atoms with Crippen molar-refractivity contribution in [2.24, 2.45) is 4.99 Å². The van der Waals surface area contributed by atoms with Crippen molar-refractivity contribution in [3.05, 3.63) is 59.7 Å². The van der Waals surface area contributed by atoms with Gasteiger partial charge in [-0.05, 0) is 43.7 Å². The summed E-state index contributed by atoms with van der Waals surface area (Å²) < 4.78 is 16.9. The summed E-state index contributed by atoms with van der Waals surface area (Å²) >= 11 is 0. The molecule has 0 spiro atoms. The van der Waals surface area contributed by atoms with E-state index in [9.17, 15) is 4.39 Å². The number of hydrogen-bond acceptors (Lipinski definition) is 4. The predicted octanol–water partition coefficient (Wildman–Crippen LogP) is 2.84. The molecule has 2 aromatic heterocycles. The van der Waals surface area contributed by atoms with E-state index in [0.29, 0.717) is 12.5 Å². The second kappa shape index (κ2) is 9.93. The Labute approximate surface area is 188 Å². The molecule has 8 nitrogen and oxygen atoms in total. The lowest BCUT2D eigenvalue weighted by Crippen LogP contribution is -2.47. The molecule has 0 saturated carbocycles. The van der Waals surface area contributed by atoms with Crippen LogP contribution in [0.1, 0.15) is 50.5 Å². The molecule has 9 heteroatoms. The van der Waals surface area contributed by atoms with Gasteiger partial charge in [-0.1, -0.05) is 13.8 Å². The molecule has 0 bridgehead atoms. The van der Waals surface area contributed by atoms with Crippen molar-refractivity contribution in [3.8, 4) is 5.69 Å². The highest BCUT2D eigenvalue weighted by molar-refractivity contribution is 5.80. The van der Waals surface area contributed by atoms with Crippen LogP contribution < -0.4 is 10.6 Å². The quantitative estimate of drug-likeness (QED) is 0.438. The summed E-state index contributed by atoms with van der Waals surface area (Å²) in [6.45, 7) is 8.51. The number of benzene rings is 1. The van der Waals surface area contributed by atoms with E-state index in [2.05, 4.69) is 46.6 Å². The molecule has 2 N–H and O–H groups in total. The number of nitrogens with zero attached hydrogens (tertiary/aromatic N) is 6.